The van der Waals surface area contributed by atoms with Gasteiger partial charge in [0.15, 0.2) is 29.5 Å². The fraction of sp³-hybridized carbons (Fsp3) is 0.476. The van der Waals surface area contributed by atoms with Gasteiger partial charge in [-0.05, 0) is 29.7 Å². The van der Waals surface area contributed by atoms with Crippen molar-refractivity contribution < 1.29 is 42.1 Å². The third kappa shape index (κ3) is 5.14. The van der Waals surface area contributed by atoms with Crippen LogP contribution in [0.25, 0.3) is 22.3 Å². The smallest absolute Gasteiger partial charge is 0.325 e. The number of hydrogen-bond acceptors (Lipinski definition) is 15. The molecule has 10 atom stereocenters. The average Bonchev–Trinajstić information content (AvgIpc) is 3.70. The maximum Gasteiger partial charge on any atom is 0.325 e. The second kappa shape index (κ2) is 10.6. The highest BCUT2D eigenvalue weighted by Gasteiger charge is 2.54. The molecule has 4 aromatic rings. The van der Waals surface area contributed by atoms with E-state index < -0.39 is 69.0 Å². The molecular weight excluding hydrogens is 651 g/mol. The molecule has 7 rings (SSSR count). The normalized spacial score (nSPS) is 38.6. The number of aromatic nitrogens is 7. The van der Waals surface area contributed by atoms with Crippen LogP contribution in [0.15, 0.2) is 31.2 Å². The Balaban J connectivity index is 1.21. The topological polar surface area (TPSA) is 233 Å². The fourth-order valence-electron chi connectivity index (χ4n) is 5.59. The summed E-state index contributed by atoms with van der Waals surface area (Å²) in [5, 5.41) is 11.2. The summed E-state index contributed by atoms with van der Waals surface area (Å²) in [6, 6.07) is 0.810. The van der Waals surface area contributed by atoms with Gasteiger partial charge in [0.1, 0.15) is 41.8 Å². The Morgan fingerprint density at radius 1 is 0.907 bits per heavy atom. The SMILES string of the molecule is Nc1ccnc2c1ncn2[C@@H]1C[C@@H]2OP(O)(=S)O[C@H]3[C@@H](F)[C@H](n4cnc5c(N)ncnc54)O[C@@H]3COP(O)(=S)O[C@@H]1[C@@H]2O. The van der Waals surface area contributed by atoms with Crippen LogP contribution < -0.4 is 11.5 Å². The third-order valence-electron chi connectivity index (χ3n) is 7.53. The highest BCUT2D eigenvalue weighted by molar-refractivity contribution is 8.07. The van der Waals surface area contributed by atoms with E-state index in [9.17, 15) is 14.9 Å². The van der Waals surface area contributed by atoms with E-state index in [-0.39, 0.29) is 23.4 Å². The van der Waals surface area contributed by atoms with Crippen molar-refractivity contribution in [1.82, 2.24) is 34.1 Å². The number of ether oxygens (including phenoxy) is 1. The van der Waals surface area contributed by atoms with E-state index in [2.05, 4.69) is 24.9 Å². The number of alkyl halides is 1. The van der Waals surface area contributed by atoms with Crippen molar-refractivity contribution >= 4 is 70.9 Å². The highest BCUT2D eigenvalue weighted by Crippen LogP contribution is 2.57. The molecule has 7 N–H and O–H groups in total. The summed E-state index contributed by atoms with van der Waals surface area (Å²) in [5.74, 6) is 0.0791. The van der Waals surface area contributed by atoms with Crippen molar-refractivity contribution in [3.63, 3.8) is 0 Å². The largest absolute Gasteiger partial charge is 0.397 e. The number of aliphatic hydroxyl groups is 1. The Morgan fingerprint density at radius 3 is 2.44 bits per heavy atom. The van der Waals surface area contributed by atoms with E-state index in [1.807, 2.05) is 0 Å². The second-order valence-electron chi connectivity index (χ2n) is 10.1. The predicted octanol–water partition coefficient (Wildman–Crippen LogP) is 0.596. The molecule has 6 heterocycles. The van der Waals surface area contributed by atoms with Gasteiger partial charge in [-0.15, -0.1) is 0 Å². The average molecular weight is 676 g/mol. The van der Waals surface area contributed by atoms with Crippen LogP contribution in [0.4, 0.5) is 15.9 Å². The van der Waals surface area contributed by atoms with Gasteiger partial charge in [-0.1, -0.05) is 0 Å². The lowest BCUT2D eigenvalue weighted by Crippen LogP contribution is -2.37. The molecule has 4 aromatic heterocycles. The number of nitrogen functional groups attached to an aromatic ring is 2. The molecule has 2 bridgehead atoms. The van der Waals surface area contributed by atoms with Crippen LogP contribution in [-0.4, -0.2) is 92.2 Å². The number of halogens is 1. The number of imidazole rings is 2. The molecule has 3 fully saturated rings. The van der Waals surface area contributed by atoms with E-state index in [0.717, 1.165) is 0 Å². The summed E-state index contributed by atoms with van der Waals surface area (Å²) >= 11 is 10.5. The Bertz CT molecular complexity index is 1820. The van der Waals surface area contributed by atoms with Crippen molar-refractivity contribution in [2.24, 2.45) is 0 Å². The molecule has 0 amide bonds. The van der Waals surface area contributed by atoms with Crippen LogP contribution >= 0.6 is 13.4 Å². The summed E-state index contributed by atoms with van der Waals surface area (Å²) in [5.41, 5.74) is 13.4. The minimum absolute atomic E-state index is 0.0140. The molecule has 3 aliphatic rings. The Labute approximate surface area is 251 Å². The van der Waals surface area contributed by atoms with E-state index in [1.165, 1.54) is 29.7 Å². The molecular formula is C21H24FN9O8P2S2. The van der Waals surface area contributed by atoms with Gasteiger partial charge in [0.05, 0.1) is 37.1 Å². The quantitative estimate of drug-likeness (QED) is 0.183. The van der Waals surface area contributed by atoms with Gasteiger partial charge in [0.25, 0.3) is 0 Å². The maximum atomic E-state index is 16.1. The number of fused-ring (bicyclic) bond motifs is 5. The molecule has 22 heteroatoms. The van der Waals surface area contributed by atoms with Gasteiger partial charge < -0.3 is 49.2 Å². The zero-order valence-corrected chi connectivity index (χ0v) is 25.1. The first-order valence-electron chi connectivity index (χ1n) is 12.8. The molecule has 0 spiro atoms. The molecule has 43 heavy (non-hydrogen) atoms. The van der Waals surface area contributed by atoms with Crippen molar-refractivity contribution in [2.45, 2.75) is 55.4 Å². The number of rotatable bonds is 2. The zero-order valence-electron chi connectivity index (χ0n) is 21.7. The van der Waals surface area contributed by atoms with Crippen molar-refractivity contribution in [2.75, 3.05) is 18.1 Å². The van der Waals surface area contributed by atoms with Gasteiger partial charge in [0, 0.05) is 12.6 Å². The fourth-order valence-corrected chi connectivity index (χ4v) is 8.83. The number of hydrogen-bond donors (Lipinski definition) is 5. The number of nitrogens with zero attached hydrogens (tertiary/aromatic N) is 7. The van der Waals surface area contributed by atoms with Crippen LogP contribution in [-0.2, 0) is 46.4 Å². The Hall–Kier alpha value is -2.32. The van der Waals surface area contributed by atoms with E-state index >= 15 is 4.39 Å². The zero-order chi connectivity index (χ0) is 30.3. The van der Waals surface area contributed by atoms with E-state index in [0.29, 0.717) is 16.9 Å². The third-order valence-corrected chi connectivity index (χ3v) is 10.7. The first-order valence-corrected chi connectivity index (χ1v) is 17.9. The summed E-state index contributed by atoms with van der Waals surface area (Å²) < 4.78 is 47.7. The summed E-state index contributed by atoms with van der Waals surface area (Å²) in [4.78, 5) is 42.9. The molecule has 0 radical (unpaired) electrons. The molecule has 2 saturated heterocycles. The van der Waals surface area contributed by atoms with Gasteiger partial charge in [-0.25, -0.2) is 29.3 Å². The van der Waals surface area contributed by atoms with Crippen LogP contribution in [0.5, 0.6) is 0 Å². The molecule has 1 saturated carbocycles. The number of pyridine rings is 1. The Morgan fingerprint density at radius 2 is 1.63 bits per heavy atom. The Kier molecular flexibility index (Phi) is 7.28. The maximum absolute atomic E-state index is 16.1. The minimum Gasteiger partial charge on any atom is -0.397 e. The molecule has 230 valence electrons. The summed E-state index contributed by atoms with van der Waals surface area (Å²) in [7, 11) is 0. The van der Waals surface area contributed by atoms with E-state index in [4.69, 9.17) is 57.9 Å². The van der Waals surface area contributed by atoms with Crippen LogP contribution in [0.2, 0.25) is 0 Å². The van der Waals surface area contributed by atoms with Crippen molar-refractivity contribution in [3.8, 4) is 0 Å². The van der Waals surface area contributed by atoms with Gasteiger partial charge >= 0.3 is 13.4 Å². The number of nitrogens with two attached hydrogens (primary N) is 2. The molecule has 2 unspecified atom stereocenters. The lowest BCUT2D eigenvalue weighted by Gasteiger charge is -2.31. The predicted molar refractivity (Wildman–Crippen MR) is 154 cm³/mol. The second-order valence-corrected chi connectivity index (χ2v) is 15.7. The molecule has 2 aliphatic heterocycles. The van der Waals surface area contributed by atoms with Gasteiger partial charge in [-0.3, -0.25) is 9.09 Å². The van der Waals surface area contributed by atoms with Crippen LogP contribution in [0, 0.1) is 0 Å². The molecule has 1 aliphatic carbocycles. The lowest BCUT2D eigenvalue weighted by molar-refractivity contribution is -0.0566. The molecule has 0 aromatic carbocycles. The molecule has 17 nitrogen and oxygen atoms in total. The van der Waals surface area contributed by atoms with Crippen molar-refractivity contribution in [3.05, 3.63) is 31.2 Å². The monoisotopic (exact) mass is 675 g/mol. The number of anilines is 2. The van der Waals surface area contributed by atoms with Crippen molar-refractivity contribution in [1.29, 1.82) is 0 Å². The highest BCUT2D eigenvalue weighted by atomic mass is 32.5. The van der Waals surface area contributed by atoms with Gasteiger partial charge in [0.2, 0.25) is 0 Å². The summed E-state index contributed by atoms with van der Waals surface area (Å²) in [6.07, 6.45) is -4.67. The standard InChI is InChI=1S/C21H24FN9O8P2S2/c22-12-17-11(36-21(12)31-7-29-14-18(24)26-5-27-20(14)31)4-35-40(33,42)38-16-9(3-10(15(16)32)37-41(34,43)39-17)30-6-28-13-8(23)1-2-25-19(13)30/h1-2,5-7,9-12,15-17,21,32H,3-4H2,(H2,23,25)(H,33,42)(H,34,43)(H2,24,26,27)/t9-,10+,11-,12-,15-,16+,17-,21-,40?,41?/m1/s1. The number of aliphatic hydroxyl groups excluding tert-OH is 1. The van der Waals surface area contributed by atoms with Crippen LogP contribution in [0.3, 0.4) is 0 Å². The lowest BCUT2D eigenvalue weighted by atomic mass is 10.1. The first kappa shape index (κ1) is 29.4. The van der Waals surface area contributed by atoms with Crippen LogP contribution in [0.1, 0.15) is 18.7 Å². The van der Waals surface area contributed by atoms with Gasteiger partial charge in [-0.2, -0.15) is 0 Å². The van der Waals surface area contributed by atoms with E-state index in [1.54, 1.807) is 10.6 Å². The first-order chi connectivity index (χ1) is 20.4. The minimum atomic E-state index is -4.25. The summed E-state index contributed by atoms with van der Waals surface area (Å²) in [6.45, 7) is -8.89.